The van der Waals surface area contributed by atoms with Crippen molar-refractivity contribution in [3.8, 4) is 0 Å². The second-order valence-corrected chi connectivity index (χ2v) is 4.49. The van der Waals surface area contributed by atoms with Crippen molar-refractivity contribution in [2.24, 2.45) is 0 Å². The van der Waals surface area contributed by atoms with E-state index in [1.807, 2.05) is 6.92 Å². The molecule has 2 N–H and O–H groups in total. The van der Waals surface area contributed by atoms with Crippen LogP contribution in [0.3, 0.4) is 0 Å². The SMILES string of the molecule is CCCNc1cc(Nc2cc(F)cc(F)c2F)nc(C)n1. The summed E-state index contributed by atoms with van der Waals surface area (Å²) in [4.78, 5) is 8.23. The summed E-state index contributed by atoms with van der Waals surface area (Å²) < 4.78 is 39.9. The molecule has 4 nitrogen and oxygen atoms in total. The lowest BCUT2D eigenvalue weighted by Gasteiger charge is -2.10. The molecule has 2 rings (SSSR count). The van der Waals surface area contributed by atoms with Crippen LogP contribution in [0.2, 0.25) is 0 Å². The van der Waals surface area contributed by atoms with Crippen LogP contribution in [-0.4, -0.2) is 16.5 Å². The smallest absolute Gasteiger partial charge is 0.182 e. The molecule has 1 aromatic carbocycles. The van der Waals surface area contributed by atoms with E-state index >= 15 is 0 Å². The van der Waals surface area contributed by atoms with Gasteiger partial charge in [-0.15, -0.1) is 0 Å². The minimum absolute atomic E-state index is 0.255. The molecule has 0 aliphatic rings. The van der Waals surface area contributed by atoms with E-state index in [0.29, 0.717) is 17.7 Å². The summed E-state index contributed by atoms with van der Waals surface area (Å²) in [6.07, 6.45) is 0.912. The standard InChI is InChI=1S/C14H15F3N4/c1-3-4-18-12-7-13(20-8(2)19-12)21-11-6-9(15)5-10(16)14(11)17/h5-7H,3-4H2,1-2H3,(H2,18,19,20,21). The van der Waals surface area contributed by atoms with Crippen LogP contribution < -0.4 is 10.6 Å². The highest BCUT2D eigenvalue weighted by molar-refractivity contribution is 5.60. The molecule has 0 radical (unpaired) electrons. The van der Waals surface area contributed by atoms with Crippen LogP contribution in [-0.2, 0) is 0 Å². The normalized spacial score (nSPS) is 10.5. The van der Waals surface area contributed by atoms with Crippen molar-refractivity contribution >= 4 is 17.3 Å². The molecular weight excluding hydrogens is 281 g/mol. The molecule has 21 heavy (non-hydrogen) atoms. The van der Waals surface area contributed by atoms with E-state index in [4.69, 9.17) is 0 Å². The predicted octanol–water partition coefficient (Wildman–Crippen LogP) is 3.77. The Bertz CT molecular complexity index is 646. The van der Waals surface area contributed by atoms with Crippen LogP contribution in [0, 0.1) is 24.4 Å². The van der Waals surface area contributed by atoms with Crippen molar-refractivity contribution < 1.29 is 13.2 Å². The molecule has 0 atom stereocenters. The summed E-state index contributed by atoms with van der Waals surface area (Å²) in [5, 5.41) is 5.63. The fourth-order valence-corrected chi connectivity index (χ4v) is 1.76. The Morgan fingerprint density at radius 2 is 1.76 bits per heavy atom. The molecule has 0 amide bonds. The van der Waals surface area contributed by atoms with Crippen molar-refractivity contribution in [1.29, 1.82) is 0 Å². The fourth-order valence-electron chi connectivity index (χ4n) is 1.76. The van der Waals surface area contributed by atoms with Gasteiger partial charge >= 0.3 is 0 Å². The molecular formula is C14H15F3N4. The minimum Gasteiger partial charge on any atom is -0.370 e. The lowest BCUT2D eigenvalue weighted by molar-refractivity contribution is 0.498. The quantitative estimate of drug-likeness (QED) is 0.825. The number of aromatic nitrogens is 2. The van der Waals surface area contributed by atoms with Crippen molar-refractivity contribution in [2.75, 3.05) is 17.2 Å². The van der Waals surface area contributed by atoms with Gasteiger partial charge in [-0.2, -0.15) is 0 Å². The number of benzene rings is 1. The largest absolute Gasteiger partial charge is 0.370 e. The number of anilines is 3. The Morgan fingerprint density at radius 1 is 1.05 bits per heavy atom. The Balaban J connectivity index is 2.29. The number of hydrogen-bond donors (Lipinski definition) is 2. The van der Waals surface area contributed by atoms with Gasteiger partial charge in [0.25, 0.3) is 0 Å². The van der Waals surface area contributed by atoms with Crippen LogP contribution in [0.1, 0.15) is 19.2 Å². The third-order valence-corrected chi connectivity index (χ3v) is 2.65. The first-order chi connectivity index (χ1) is 9.99. The minimum atomic E-state index is -1.26. The van der Waals surface area contributed by atoms with Crippen LogP contribution in [0.4, 0.5) is 30.5 Å². The summed E-state index contributed by atoms with van der Waals surface area (Å²) in [5.41, 5.74) is -0.313. The van der Waals surface area contributed by atoms with Gasteiger partial charge in [0.05, 0.1) is 5.69 Å². The highest BCUT2D eigenvalue weighted by Crippen LogP contribution is 2.23. The van der Waals surface area contributed by atoms with Gasteiger partial charge < -0.3 is 10.6 Å². The molecule has 0 aliphatic carbocycles. The molecule has 1 heterocycles. The second-order valence-electron chi connectivity index (χ2n) is 4.49. The Morgan fingerprint density at radius 3 is 2.48 bits per heavy atom. The maximum atomic E-state index is 13.6. The zero-order chi connectivity index (χ0) is 15.4. The number of nitrogens with zero attached hydrogens (tertiary/aromatic N) is 2. The molecule has 0 unspecified atom stereocenters. The first-order valence-electron chi connectivity index (χ1n) is 6.50. The van der Waals surface area contributed by atoms with Gasteiger partial charge in [-0.25, -0.2) is 23.1 Å². The Hall–Kier alpha value is -2.31. The highest BCUT2D eigenvalue weighted by atomic mass is 19.2. The van der Waals surface area contributed by atoms with Gasteiger partial charge in [-0.3, -0.25) is 0 Å². The molecule has 0 spiro atoms. The molecule has 7 heteroatoms. The molecule has 0 aliphatic heterocycles. The van der Waals surface area contributed by atoms with E-state index in [9.17, 15) is 13.2 Å². The van der Waals surface area contributed by atoms with E-state index in [-0.39, 0.29) is 11.5 Å². The molecule has 0 saturated heterocycles. The summed E-state index contributed by atoms with van der Waals surface area (Å²) in [7, 11) is 0. The lowest BCUT2D eigenvalue weighted by atomic mass is 10.2. The predicted molar refractivity (Wildman–Crippen MR) is 75.1 cm³/mol. The maximum absolute atomic E-state index is 13.6. The molecule has 112 valence electrons. The first-order valence-corrected chi connectivity index (χ1v) is 6.50. The monoisotopic (exact) mass is 296 g/mol. The van der Waals surface area contributed by atoms with E-state index in [2.05, 4.69) is 20.6 Å². The first kappa shape index (κ1) is 15.1. The Kier molecular flexibility index (Phi) is 4.62. The number of rotatable bonds is 5. The molecule has 0 bridgehead atoms. The van der Waals surface area contributed by atoms with Crippen LogP contribution in [0.15, 0.2) is 18.2 Å². The third-order valence-electron chi connectivity index (χ3n) is 2.65. The third kappa shape index (κ3) is 3.84. The van der Waals surface area contributed by atoms with Crippen molar-refractivity contribution in [3.63, 3.8) is 0 Å². The molecule has 1 aromatic heterocycles. The van der Waals surface area contributed by atoms with Crippen molar-refractivity contribution in [3.05, 3.63) is 41.5 Å². The average molecular weight is 296 g/mol. The van der Waals surface area contributed by atoms with Crippen LogP contribution >= 0.6 is 0 Å². The maximum Gasteiger partial charge on any atom is 0.182 e. The number of nitrogens with one attached hydrogen (secondary N) is 2. The summed E-state index contributed by atoms with van der Waals surface area (Å²) in [6, 6.07) is 2.90. The zero-order valence-electron chi connectivity index (χ0n) is 11.7. The topological polar surface area (TPSA) is 49.8 Å². The van der Waals surface area contributed by atoms with Gasteiger partial charge in [0.2, 0.25) is 0 Å². The van der Waals surface area contributed by atoms with Crippen molar-refractivity contribution in [1.82, 2.24) is 9.97 Å². The molecule has 0 fully saturated rings. The van der Waals surface area contributed by atoms with E-state index in [1.165, 1.54) is 0 Å². The van der Waals surface area contributed by atoms with E-state index in [0.717, 1.165) is 19.0 Å². The van der Waals surface area contributed by atoms with Gasteiger partial charge in [-0.1, -0.05) is 6.92 Å². The second kappa shape index (κ2) is 6.43. The van der Waals surface area contributed by atoms with Crippen LogP contribution in [0.25, 0.3) is 0 Å². The van der Waals surface area contributed by atoms with Crippen molar-refractivity contribution in [2.45, 2.75) is 20.3 Å². The van der Waals surface area contributed by atoms with E-state index in [1.54, 1.807) is 13.0 Å². The lowest BCUT2D eigenvalue weighted by Crippen LogP contribution is -2.06. The summed E-state index contributed by atoms with van der Waals surface area (Å²) >= 11 is 0. The average Bonchev–Trinajstić information content (AvgIpc) is 2.41. The van der Waals surface area contributed by atoms with E-state index < -0.39 is 17.5 Å². The molecule has 0 saturated carbocycles. The fraction of sp³-hybridized carbons (Fsp3) is 0.286. The number of aryl methyl sites for hydroxylation is 1. The summed E-state index contributed by atoms with van der Waals surface area (Å²) in [5.74, 6) is -2.01. The van der Waals surface area contributed by atoms with Gasteiger partial charge in [0.1, 0.15) is 23.3 Å². The van der Waals surface area contributed by atoms with Gasteiger partial charge in [0.15, 0.2) is 11.6 Å². The summed E-state index contributed by atoms with van der Waals surface area (Å²) in [6.45, 7) is 4.40. The number of hydrogen-bond acceptors (Lipinski definition) is 4. The van der Waals surface area contributed by atoms with Gasteiger partial charge in [0, 0.05) is 24.7 Å². The zero-order valence-corrected chi connectivity index (χ0v) is 11.7. The Labute approximate surface area is 120 Å². The van der Waals surface area contributed by atoms with Gasteiger partial charge in [-0.05, 0) is 13.3 Å². The molecule has 2 aromatic rings. The highest BCUT2D eigenvalue weighted by Gasteiger charge is 2.12. The number of halogens is 3. The van der Waals surface area contributed by atoms with Crippen LogP contribution in [0.5, 0.6) is 0 Å².